The van der Waals surface area contributed by atoms with Crippen LogP contribution in [-0.4, -0.2) is 28.4 Å². The van der Waals surface area contributed by atoms with Gasteiger partial charge in [0.15, 0.2) is 4.77 Å². The van der Waals surface area contributed by atoms with Gasteiger partial charge in [-0.1, -0.05) is 6.07 Å². The van der Waals surface area contributed by atoms with Crippen LogP contribution in [0.3, 0.4) is 0 Å². The lowest BCUT2D eigenvalue weighted by molar-refractivity contribution is 0.338. The number of benzene rings is 1. The molecule has 4 nitrogen and oxygen atoms in total. The van der Waals surface area contributed by atoms with Crippen LogP contribution in [0.2, 0.25) is 0 Å². The molecule has 0 bridgehead atoms. The summed E-state index contributed by atoms with van der Waals surface area (Å²) < 4.78 is 8.64. The number of piperidine rings is 1. The lowest BCUT2D eigenvalue weighted by atomic mass is 10.00. The molecule has 0 radical (unpaired) electrons. The van der Waals surface area contributed by atoms with Crippen molar-refractivity contribution in [1.82, 2.24) is 9.66 Å². The van der Waals surface area contributed by atoms with Crippen molar-refractivity contribution < 1.29 is 4.74 Å². The Balaban J connectivity index is 2.16. The molecule has 2 heterocycles. The zero-order chi connectivity index (χ0) is 15.0. The van der Waals surface area contributed by atoms with Gasteiger partial charge in [0.05, 0.1) is 12.1 Å². The highest BCUT2D eigenvalue weighted by molar-refractivity contribution is 7.71. The van der Waals surface area contributed by atoms with Crippen molar-refractivity contribution in [3.05, 3.63) is 23.0 Å². The fourth-order valence-electron chi connectivity index (χ4n) is 3.40. The smallest absolute Gasteiger partial charge is 0.197 e. The quantitative estimate of drug-likeness (QED) is 0.870. The number of nitrogens with zero attached hydrogens (tertiary/aromatic N) is 2. The normalized spacial score (nSPS) is 22.7. The third kappa shape index (κ3) is 2.44. The van der Waals surface area contributed by atoms with Crippen molar-refractivity contribution in [3.8, 4) is 5.75 Å². The summed E-state index contributed by atoms with van der Waals surface area (Å²) in [5, 5.41) is 2.42. The van der Waals surface area contributed by atoms with E-state index in [1.807, 2.05) is 19.1 Å². The molecule has 0 saturated carbocycles. The van der Waals surface area contributed by atoms with Gasteiger partial charge < -0.3 is 14.7 Å². The van der Waals surface area contributed by atoms with E-state index in [2.05, 4.69) is 34.6 Å². The fraction of sp³-hybridized carbons (Fsp3) is 0.562. The minimum atomic E-state index is 0.496. The van der Waals surface area contributed by atoms with Gasteiger partial charge in [-0.15, -0.1) is 0 Å². The van der Waals surface area contributed by atoms with Gasteiger partial charge in [0, 0.05) is 12.1 Å². The molecule has 21 heavy (non-hydrogen) atoms. The molecule has 114 valence electrons. The number of H-pyrrole nitrogens is 1. The molecule has 2 atom stereocenters. The molecule has 0 amide bonds. The van der Waals surface area contributed by atoms with Crippen molar-refractivity contribution in [3.63, 3.8) is 0 Å². The summed E-state index contributed by atoms with van der Waals surface area (Å²) >= 11 is 5.59. The molecule has 3 rings (SSSR count). The van der Waals surface area contributed by atoms with Crippen LogP contribution in [0, 0.1) is 4.77 Å². The van der Waals surface area contributed by atoms with Gasteiger partial charge in [-0.05, 0) is 64.4 Å². The van der Waals surface area contributed by atoms with E-state index in [4.69, 9.17) is 17.0 Å². The molecule has 1 aliphatic heterocycles. The van der Waals surface area contributed by atoms with Gasteiger partial charge in [0.1, 0.15) is 11.3 Å². The first-order chi connectivity index (χ1) is 10.1. The zero-order valence-corrected chi connectivity index (χ0v) is 13.7. The van der Waals surface area contributed by atoms with E-state index >= 15 is 0 Å². The molecule has 1 N–H and O–H groups in total. The third-order valence-electron chi connectivity index (χ3n) is 4.33. The number of fused-ring (bicyclic) bond motifs is 1. The Morgan fingerprint density at radius 3 is 2.67 bits per heavy atom. The average molecular weight is 305 g/mol. The van der Waals surface area contributed by atoms with Gasteiger partial charge in [0.2, 0.25) is 0 Å². The number of ether oxygens (including phenoxy) is 1. The van der Waals surface area contributed by atoms with Crippen molar-refractivity contribution in [2.45, 2.75) is 52.1 Å². The van der Waals surface area contributed by atoms with E-state index in [1.165, 1.54) is 19.3 Å². The zero-order valence-electron chi connectivity index (χ0n) is 12.9. The first kappa shape index (κ1) is 14.4. The van der Waals surface area contributed by atoms with E-state index < -0.39 is 0 Å². The second kappa shape index (κ2) is 5.72. The van der Waals surface area contributed by atoms with Gasteiger partial charge in [-0.3, -0.25) is 0 Å². The maximum Gasteiger partial charge on any atom is 0.197 e. The molecule has 1 saturated heterocycles. The second-order valence-electron chi connectivity index (χ2n) is 5.83. The Kier molecular flexibility index (Phi) is 3.93. The minimum Gasteiger partial charge on any atom is -0.492 e. The molecular weight excluding hydrogens is 282 g/mol. The number of aromatic nitrogens is 2. The number of para-hydroxylation sites is 1. The van der Waals surface area contributed by atoms with Crippen LogP contribution >= 0.6 is 12.2 Å². The predicted octanol–water partition coefficient (Wildman–Crippen LogP) is 4.00. The molecule has 1 fully saturated rings. The second-order valence-corrected chi connectivity index (χ2v) is 6.22. The first-order valence-electron chi connectivity index (χ1n) is 7.78. The number of nitrogens with one attached hydrogen (secondary N) is 1. The Labute approximate surface area is 130 Å². The Morgan fingerprint density at radius 2 is 2.00 bits per heavy atom. The summed E-state index contributed by atoms with van der Waals surface area (Å²) in [5.74, 6) is 0.872. The molecule has 0 aliphatic carbocycles. The van der Waals surface area contributed by atoms with E-state index in [1.54, 1.807) is 0 Å². The fourth-order valence-corrected chi connectivity index (χ4v) is 3.69. The molecule has 1 aromatic heterocycles. The lowest BCUT2D eigenvalue weighted by Gasteiger charge is -2.41. The van der Waals surface area contributed by atoms with Crippen LogP contribution in [0.1, 0.15) is 40.0 Å². The summed E-state index contributed by atoms with van der Waals surface area (Å²) in [6, 6.07) is 7.12. The van der Waals surface area contributed by atoms with Crippen LogP contribution in [0.15, 0.2) is 18.2 Å². The number of rotatable bonds is 3. The first-order valence-corrected chi connectivity index (χ1v) is 8.19. The van der Waals surface area contributed by atoms with Crippen molar-refractivity contribution in [1.29, 1.82) is 0 Å². The summed E-state index contributed by atoms with van der Waals surface area (Å²) in [4.78, 5) is 3.33. The Hall–Kier alpha value is -1.49. The Bertz CT molecular complexity index is 680. The SMILES string of the molecule is CCOc1cccc2c1[nH]c(=S)n2N1C(C)CCCC1C. The summed E-state index contributed by atoms with van der Waals surface area (Å²) in [6.45, 7) is 7.21. The molecule has 1 aliphatic rings. The summed E-state index contributed by atoms with van der Waals surface area (Å²) in [5.41, 5.74) is 2.10. The van der Waals surface area contributed by atoms with Crippen molar-refractivity contribution in [2.75, 3.05) is 11.6 Å². The summed E-state index contributed by atoms with van der Waals surface area (Å²) in [6.07, 6.45) is 3.71. The Morgan fingerprint density at radius 1 is 1.29 bits per heavy atom. The van der Waals surface area contributed by atoms with Crippen LogP contribution < -0.4 is 9.75 Å². The highest BCUT2D eigenvalue weighted by Gasteiger charge is 2.27. The van der Waals surface area contributed by atoms with Gasteiger partial charge >= 0.3 is 0 Å². The number of aromatic amines is 1. The molecule has 1 aromatic carbocycles. The minimum absolute atomic E-state index is 0.496. The van der Waals surface area contributed by atoms with Gasteiger partial charge in [0.25, 0.3) is 0 Å². The molecular formula is C16H23N3OS. The van der Waals surface area contributed by atoms with Gasteiger partial charge in [-0.25, -0.2) is 4.68 Å². The average Bonchev–Trinajstić information content (AvgIpc) is 2.77. The lowest BCUT2D eigenvalue weighted by Crippen LogP contribution is -2.50. The van der Waals surface area contributed by atoms with E-state index in [-0.39, 0.29) is 0 Å². The molecule has 5 heteroatoms. The van der Waals surface area contributed by atoms with Crippen LogP contribution in [-0.2, 0) is 0 Å². The number of hydrogen-bond donors (Lipinski definition) is 1. The largest absolute Gasteiger partial charge is 0.492 e. The third-order valence-corrected chi connectivity index (χ3v) is 4.61. The highest BCUT2D eigenvalue weighted by atomic mass is 32.1. The van der Waals surface area contributed by atoms with Crippen LogP contribution in [0.25, 0.3) is 11.0 Å². The molecule has 2 aromatic rings. The van der Waals surface area contributed by atoms with Crippen molar-refractivity contribution >= 4 is 23.3 Å². The molecule has 0 spiro atoms. The monoisotopic (exact) mass is 305 g/mol. The standard InChI is InChI=1S/C16H23N3OS/c1-4-20-14-10-6-9-13-15(14)17-16(21)19(13)18-11(2)7-5-8-12(18)3/h6,9-12H,4-5,7-8H2,1-3H3,(H,17,21). The number of hydrogen-bond acceptors (Lipinski definition) is 3. The van der Waals surface area contributed by atoms with Crippen molar-refractivity contribution in [2.24, 2.45) is 0 Å². The highest BCUT2D eigenvalue weighted by Crippen LogP contribution is 2.29. The van der Waals surface area contributed by atoms with E-state index in [9.17, 15) is 0 Å². The van der Waals surface area contributed by atoms with Crippen LogP contribution in [0.5, 0.6) is 5.75 Å². The van der Waals surface area contributed by atoms with E-state index in [0.717, 1.165) is 21.6 Å². The maximum atomic E-state index is 5.72. The van der Waals surface area contributed by atoms with E-state index in [0.29, 0.717) is 18.7 Å². The molecule has 2 unspecified atom stereocenters. The summed E-state index contributed by atoms with van der Waals surface area (Å²) in [7, 11) is 0. The van der Waals surface area contributed by atoms with Gasteiger partial charge in [-0.2, -0.15) is 0 Å². The predicted molar refractivity (Wildman–Crippen MR) is 89.3 cm³/mol. The topological polar surface area (TPSA) is 33.2 Å². The van der Waals surface area contributed by atoms with Crippen LogP contribution in [0.4, 0.5) is 0 Å². The maximum absolute atomic E-state index is 5.72. The number of imidazole rings is 1.